The molecule has 3 heteroatoms. The zero-order chi connectivity index (χ0) is 15.6. The molecule has 2 aromatic carbocycles. The molecule has 0 bridgehead atoms. The highest BCUT2D eigenvalue weighted by Crippen LogP contribution is 2.15. The molecule has 1 N–H and O–H groups in total. The van der Waals surface area contributed by atoms with E-state index < -0.39 is 0 Å². The number of benzene rings is 2. The molecule has 1 unspecified atom stereocenters. The van der Waals surface area contributed by atoms with Gasteiger partial charge in [0, 0.05) is 6.54 Å². The maximum Gasteiger partial charge on any atom is 0.126 e. The van der Waals surface area contributed by atoms with Gasteiger partial charge in [0.2, 0.25) is 0 Å². The lowest BCUT2D eigenvalue weighted by molar-refractivity contribution is 0.587. The second-order valence-electron chi connectivity index (χ2n) is 5.71. The van der Waals surface area contributed by atoms with Crippen molar-refractivity contribution >= 4 is 9.39 Å². The molecule has 0 aromatic heterocycles. The lowest BCUT2D eigenvalue weighted by Gasteiger charge is -2.06. The van der Waals surface area contributed by atoms with Crippen LogP contribution in [0.3, 0.4) is 0 Å². The van der Waals surface area contributed by atoms with Gasteiger partial charge < -0.3 is 0 Å². The predicted molar refractivity (Wildman–Crippen MR) is 95.3 cm³/mol. The van der Waals surface area contributed by atoms with Gasteiger partial charge in [-0.25, -0.2) is 4.39 Å². The van der Waals surface area contributed by atoms with Gasteiger partial charge in [0.25, 0.3) is 0 Å². The third kappa shape index (κ3) is 5.87. The zero-order valence-electron chi connectivity index (χ0n) is 13.0. The molecular weight excluding hydrogens is 292 g/mol. The molecular formula is C19H25FNP. The summed E-state index contributed by atoms with van der Waals surface area (Å²) in [5, 5.41) is 2.96. The summed E-state index contributed by atoms with van der Waals surface area (Å²) in [5.74, 6) is -0.0676. The van der Waals surface area contributed by atoms with E-state index in [4.69, 9.17) is 0 Å². The van der Waals surface area contributed by atoms with Crippen LogP contribution in [0, 0.1) is 5.82 Å². The summed E-state index contributed by atoms with van der Waals surface area (Å²) in [7, 11) is 2.44. The van der Waals surface area contributed by atoms with Crippen molar-refractivity contribution in [1.29, 1.82) is 0 Å². The van der Waals surface area contributed by atoms with Crippen molar-refractivity contribution in [2.45, 2.75) is 45.1 Å². The van der Waals surface area contributed by atoms with Gasteiger partial charge in [0.1, 0.15) is 5.82 Å². The maximum absolute atomic E-state index is 13.9. The Morgan fingerprint density at radius 2 is 1.55 bits per heavy atom. The van der Waals surface area contributed by atoms with E-state index in [2.05, 4.69) is 44.8 Å². The van der Waals surface area contributed by atoms with Crippen molar-refractivity contribution in [1.82, 2.24) is 5.09 Å². The van der Waals surface area contributed by atoms with Crippen molar-refractivity contribution in [3.63, 3.8) is 0 Å². The van der Waals surface area contributed by atoms with E-state index in [1.807, 2.05) is 12.1 Å². The Bertz CT molecular complexity index is 557. The molecule has 1 nitrogen and oxygen atoms in total. The highest BCUT2D eigenvalue weighted by molar-refractivity contribution is 7.13. The quantitative estimate of drug-likeness (QED) is 0.504. The van der Waals surface area contributed by atoms with E-state index in [1.165, 1.54) is 24.8 Å². The monoisotopic (exact) mass is 317 g/mol. The number of halogens is 1. The van der Waals surface area contributed by atoms with Crippen molar-refractivity contribution in [2.24, 2.45) is 0 Å². The third-order valence-electron chi connectivity index (χ3n) is 3.93. The van der Waals surface area contributed by atoms with E-state index >= 15 is 0 Å². The van der Waals surface area contributed by atoms with Gasteiger partial charge in [-0.2, -0.15) is 0 Å². The molecule has 0 spiro atoms. The third-order valence-corrected chi connectivity index (χ3v) is 4.13. The standard InChI is InChI=1S/C19H25FNP/c20-19-14-17(15-21-22)12-13-18(19)11-7-2-1-4-8-16-9-5-3-6-10-16/h3,5-6,9-10,12-14,21H,1-2,4,7-8,11,15,22H2. The van der Waals surface area contributed by atoms with E-state index in [9.17, 15) is 4.39 Å². The van der Waals surface area contributed by atoms with Crippen LogP contribution in [0.2, 0.25) is 0 Å². The second-order valence-corrected chi connectivity index (χ2v) is 6.11. The molecule has 0 fully saturated rings. The van der Waals surface area contributed by atoms with Crippen molar-refractivity contribution in [2.75, 3.05) is 0 Å². The number of hydrogen-bond donors (Lipinski definition) is 1. The van der Waals surface area contributed by atoms with Crippen LogP contribution in [0.1, 0.15) is 42.4 Å². The fraction of sp³-hybridized carbons (Fsp3) is 0.368. The molecule has 0 aliphatic rings. The Balaban J connectivity index is 1.64. The molecule has 2 aromatic rings. The lowest BCUT2D eigenvalue weighted by Crippen LogP contribution is -2.00. The molecule has 0 saturated carbocycles. The lowest BCUT2D eigenvalue weighted by atomic mass is 10.0. The maximum atomic E-state index is 13.9. The van der Waals surface area contributed by atoms with Crippen molar-refractivity contribution in [3.05, 3.63) is 71.0 Å². The highest BCUT2D eigenvalue weighted by Gasteiger charge is 2.03. The summed E-state index contributed by atoms with van der Waals surface area (Å²) in [5.41, 5.74) is 3.24. The summed E-state index contributed by atoms with van der Waals surface area (Å²) in [6, 6.07) is 16.2. The first-order valence-corrected chi connectivity index (χ1v) is 8.62. The van der Waals surface area contributed by atoms with Crippen LogP contribution >= 0.6 is 9.39 Å². The van der Waals surface area contributed by atoms with Crippen LogP contribution in [-0.2, 0) is 19.4 Å². The first-order valence-electron chi connectivity index (χ1n) is 8.04. The second kappa shape index (κ2) is 9.71. The molecule has 0 heterocycles. The van der Waals surface area contributed by atoms with Gasteiger partial charge in [-0.1, -0.05) is 64.7 Å². The molecule has 2 rings (SSSR count). The first kappa shape index (κ1) is 17.1. The number of aryl methyl sites for hydroxylation is 2. The number of hydrogen-bond acceptors (Lipinski definition) is 1. The molecule has 118 valence electrons. The smallest absolute Gasteiger partial charge is 0.126 e. The molecule has 0 aliphatic carbocycles. The fourth-order valence-corrected chi connectivity index (χ4v) is 2.90. The average molecular weight is 317 g/mol. The first-order chi connectivity index (χ1) is 10.8. The highest BCUT2D eigenvalue weighted by atomic mass is 31.0. The van der Waals surface area contributed by atoms with E-state index in [0.29, 0.717) is 6.54 Å². The van der Waals surface area contributed by atoms with Crippen LogP contribution in [0.5, 0.6) is 0 Å². The molecule has 0 amide bonds. The minimum atomic E-state index is -0.0676. The minimum Gasteiger partial charge on any atom is -0.296 e. The Morgan fingerprint density at radius 3 is 2.23 bits per heavy atom. The Hall–Kier alpha value is -1.24. The number of nitrogens with one attached hydrogen (secondary N) is 1. The Morgan fingerprint density at radius 1 is 0.818 bits per heavy atom. The van der Waals surface area contributed by atoms with Crippen LogP contribution in [0.15, 0.2) is 48.5 Å². The van der Waals surface area contributed by atoms with Gasteiger partial charge in [0.05, 0.1) is 0 Å². The van der Waals surface area contributed by atoms with Gasteiger partial charge in [-0.05, 0) is 48.4 Å². The molecule has 22 heavy (non-hydrogen) atoms. The van der Waals surface area contributed by atoms with Crippen LogP contribution in [-0.4, -0.2) is 0 Å². The predicted octanol–water partition coefficient (Wildman–Crippen LogP) is 5.05. The van der Waals surface area contributed by atoms with Crippen molar-refractivity contribution < 1.29 is 4.39 Å². The number of rotatable bonds is 9. The minimum absolute atomic E-state index is 0.0676. The summed E-state index contributed by atoms with van der Waals surface area (Å²) in [4.78, 5) is 0. The summed E-state index contributed by atoms with van der Waals surface area (Å²) in [6.07, 6.45) is 6.64. The average Bonchev–Trinajstić information content (AvgIpc) is 2.54. The van der Waals surface area contributed by atoms with Crippen LogP contribution in [0.25, 0.3) is 0 Å². The summed E-state index contributed by atoms with van der Waals surface area (Å²) < 4.78 is 13.9. The van der Waals surface area contributed by atoms with E-state index in [-0.39, 0.29) is 5.82 Å². The van der Waals surface area contributed by atoms with Crippen LogP contribution < -0.4 is 5.09 Å². The zero-order valence-corrected chi connectivity index (χ0v) is 14.2. The Kier molecular flexibility index (Phi) is 7.56. The SMILES string of the molecule is Fc1cc(CNP)ccc1CCCCCCc1ccccc1. The van der Waals surface area contributed by atoms with Crippen molar-refractivity contribution in [3.8, 4) is 0 Å². The number of unbranched alkanes of at least 4 members (excludes halogenated alkanes) is 3. The molecule has 1 atom stereocenters. The van der Waals surface area contributed by atoms with E-state index in [0.717, 1.165) is 30.4 Å². The molecule has 0 radical (unpaired) electrons. The molecule has 0 saturated heterocycles. The topological polar surface area (TPSA) is 12.0 Å². The normalized spacial score (nSPS) is 10.8. The van der Waals surface area contributed by atoms with Crippen LogP contribution in [0.4, 0.5) is 4.39 Å². The largest absolute Gasteiger partial charge is 0.296 e. The summed E-state index contributed by atoms with van der Waals surface area (Å²) >= 11 is 0. The van der Waals surface area contributed by atoms with Gasteiger partial charge in [0.15, 0.2) is 0 Å². The molecule has 0 aliphatic heterocycles. The van der Waals surface area contributed by atoms with Gasteiger partial charge >= 0.3 is 0 Å². The fourth-order valence-electron chi connectivity index (χ4n) is 2.66. The van der Waals surface area contributed by atoms with Gasteiger partial charge in [-0.3, -0.25) is 5.09 Å². The summed E-state index contributed by atoms with van der Waals surface area (Å²) in [6.45, 7) is 0.682. The van der Waals surface area contributed by atoms with E-state index in [1.54, 1.807) is 6.07 Å². The Labute approximate surface area is 135 Å². The van der Waals surface area contributed by atoms with Gasteiger partial charge in [-0.15, -0.1) is 0 Å².